The van der Waals surface area contributed by atoms with Gasteiger partial charge in [0.25, 0.3) is 11.8 Å². The van der Waals surface area contributed by atoms with Crippen LogP contribution in [0.3, 0.4) is 0 Å². The monoisotopic (exact) mass is 560 g/mol. The summed E-state index contributed by atoms with van der Waals surface area (Å²) in [6.07, 6.45) is 5.79. The van der Waals surface area contributed by atoms with Crippen LogP contribution in [0.1, 0.15) is 12.1 Å². The lowest BCUT2D eigenvalue weighted by molar-refractivity contribution is -0.150. The molecule has 0 aromatic carbocycles. The first-order chi connectivity index (χ1) is 17.8. The van der Waals surface area contributed by atoms with Crippen molar-refractivity contribution in [2.24, 2.45) is 5.16 Å². The van der Waals surface area contributed by atoms with Crippen LogP contribution in [0, 0.1) is 0 Å². The Labute approximate surface area is 222 Å². The number of carboxylic acid groups (broad SMARTS) is 1. The molecule has 15 heteroatoms. The number of hydrogen-bond donors (Lipinski definition) is 5. The fourth-order valence-corrected chi connectivity index (χ4v) is 6.96. The number of anilines is 1. The number of nitrogen functional groups attached to an aromatic ring is 1. The van der Waals surface area contributed by atoms with Crippen molar-refractivity contribution >= 4 is 69.3 Å². The third kappa shape index (κ3) is 4.70. The Balaban J connectivity index is 1.35. The number of allylic oxidation sites excluding steroid dienone is 3. The van der Waals surface area contributed by atoms with E-state index in [9.17, 15) is 29.5 Å². The third-order valence-electron chi connectivity index (χ3n) is 6.08. The Morgan fingerprint density at radius 1 is 1.35 bits per heavy atom. The summed E-state index contributed by atoms with van der Waals surface area (Å²) < 4.78 is 0. The molecule has 1 aromatic heterocycles. The Morgan fingerprint density at radius 2 is 2.16 bits per heavy atom. The second-order valence-corrected chi connectivity index (χ2v) is 11.2. The molecule has 2 amide bonds. The number of aromatic nitrogens is 1. The first kappa shape index (κ1) is 25.3. The second kappa shape index (κ2) is 10.2. The molecule has 2 fully saturated rings. The van der Waals surface area contributed by atoms with Crippen molar-refractivity contribution in [3.63, 3.8) is 0 Å². The standard InChI is InChI=1S/C22H20N6O6S3/c23-22-25-12(8-37-22)15(27-34)18(30)26-16-19(31)28-17(21(32)33)10(7-36-20(16)28)5-9-1-3-24-11(9)6-14-13(29)2-4-35-14/h2,4-6,8,11,16,20,24,34H,1,3,7H2,(H2,23,25)(H,26,30)(H,32,33)/b9-5+,14-6-,27-15-/t11?,16-,20-/m1/s1. The first-order valence-electron chi connectivity index (χ1n) is 11.0. The number of fused-ring (bicyclic) bond motifs is 1. The molecular weight excluding hydrogens is 540 g/mol. The average molecular weight is 561 g/mol. The molecule has 0 saturated carbocycles. The number of carbonyl (C=O) groups is 4. The van der Waals surface area contributed by atoms with Crippen molar-refractivity contribution in [1.82, 2.24) is 20.5 Å². The van der Waals surface area contributed by atoms with Crippen LogP contribution in [0.4, 0.5) is 5.13 Å². The third-order valence-corrected chi connectivity index (χ3v) is 8.92. The number of ketones is 1. The van der Waals surface area contributed by atoms with Gasteiger partial charge >= 0.3 is 5.97 Å². The van der Waals surface area contributed by atoms with Gasteiger partial charge in [0.05, 0.1) is 4.91 Å². The topological polar surface area (TPSA) is 187 Å². The van der Waals surface area contributed by atoms with E-state index in [1.54, 1.807) is 11.5 Å². The lowest BCUT2D eigenvalue weighted by Gasteiger charge is -2.49. The second-order valence-electron chi connectivity index (χ2n) is 8.28. The largest absolute Gasteiger partial charge is 0.477 e. The van der Waals surface area contributed by atoms with Crippen LogP contribution >= 0.6 is 34.9 Å². The van der Waals surface area contributed by atoms with Gasteiger partial charge in [0.15, 0.2) is 16.6 Å². The van der Waals surface area contributed by atoms with Crippen LogP contribution in [0.5, 0.6) is 0 Å². The van der Waals surface area contributed by atoms with Gasteiger partial charge in [-0.05, 0) is 41.7 Å². The number of hydrogen-bond acceptors (Lipinski definition) is 12. The number of nitrogens with one attached hydrogen (secondary N) is 2. The molecule has 1 unspecified atom stereocenters. The molecule has 12 nitrogen and oxygen atoms in total. The number of nitrogens with zero attached hydrogens (tertiary/aromatic N) is 3. The summed E-state index contributed by atoms with van der Waals surface area (Å²) >= 11 is 3.72. The fraction of sp³-hybridized carbons (Fsp3) is 0.273. The van der Waals surface area contributed by atoms with E-state index in [1.165, 1.54) is 39.9 Å². The van der Waals surface area contributed by atoms with Gasteiger partial charge in [0.1, 0.15) is 22.8 Å². The zero-order valence-electron chi connectivity index (χ0n) is 18.9. The lowest BCUT2D eigenvalue weighted by Crippen LogP contribution is -2.71. The maximum absolute atomic E-state index is 13.0. The number of carboxylic acids is 1. The van der Waals surface area contributed by atoms with E-state index < -0.39 is 34.9 Å². The van der Waals surface area contributed by atoms with Crippen LogP contribution < -0.4 is 16.4 Å². The summed E-state index contributed by atoms with van der Waals surface area (Å²) in [6.45, 7) is 0.675. The number of β-lactam (4-membered cyclic amide) rings is 1. The molecule has 5 rings (SSSR count). The summed E-state index contributed by atoms with van der Waals surface area (Å²) in [5.41, 5.74) is 6.50. The van der Waals surface area contributed by atoms with Gasteiger partial charge in [-0.2, -0.15) is 0 Å². The highest BCUT2D eigenvalue weighted by molar-refractivity contribution is 8.07. The van der Waals surface area contributed by atoms with Crippen molar-refractivity contribution in [3.05, 3.63) is 56.5 Å². The van der Waals surface area contributed by atoms with Crippen molar-refractivity contribution in [2.45, 2.75) is 23.9 Å². The van der Waals surface area contributed by atoms with Crippen LogP contribution in [0.25, 0.3) is 0 Å². The zero-order chi connectivity index (χ0) is 26.3. The minimum absolute atomic E-state index is 0.0608. The Hall–Kier alpha value is -3.40. The molecule has 3 atom stereocenters. The molecule has 0 bridgehead atoms. The highest BCUT2D eigenvalue weighted by Crippen LogP contribution is 2.41. The quantitative estimate of drug-likeness (QED) is 0.108. The van der Waals surface area contributed by atoms with E-state index in [0.29, 0.717) is 29.2 Å². The molecule has 37 heavy (non-hydrogen) atoms. The lowest BCUT2D eigenvalue weighted by atomic mass is 9.99. The summed E-state index contributed by atoms with van der Waals surface area (Å²) in [4.78, 5) is 55.5. The molecule has 192 valence electrons. The first-order valence-corrected chi connectivity index (χ1v) is 13.8. The van der Waals surface area contributed by atoms with E-state index in [-0.39, 0.29) is 28.3 Å². The van der Waals surface area contributed by atoms with Crippen LogP contribution in [-0.2, 0) is 19.2 Å². The number of thioether (sulfide) groups is 2. The van der Waals surface area contributed by atoms with Gasteiger partial charge in [0, 0.05) is 17.2 Å². The van der Waals surface area contributed by atoms with Gasteiger partial charge in [-0.15, -0.1) is 23.1 Å². The van der Waals surface area contributed by atoms with Crippen LogP contribution in [-0.4, -0.2) is 79.2 Å². The Kier molecular flexibility index (Phi) is 6.94. The predicted octanol–water partition coefficient (Wildman–Crippen LogP) is 0.644. The van der Waals surface area contributed by atoms with Crippen LogP contribution in [0.2, 0.25) is 0 Å². The van der Waals surface area contributed by atoms with Gasteiger partial charge in [-0.1, -0.05) is 23.0 Å². The number of aliphatic carboxylic acids is 1. The number of thiazole rings is 1. The molecular formula is C22H20N6O6S3. The SMILES string of the molecule is Nc1nc(/C(=N/O)C(=O)N[C@@H]2C(=O)N3C(C(=O)O)=C(/C=C4\CCNC4/C=C4\SC=CC4=O)CS[C@H]23)cs1. The average Bonchev–Trinajstić information content (AvgIpc) is 3.60. The normalized spacial score (nSPS) is 27.7. The van der Waals surface area contributed by atoms with E-state index in [1.807, 2.05) is 6.08 Å². The summed E-state index contributed by atoms with van der Waals surface area (Å²) in [5, 5.41) is 30.8. The van der Waals surface area contributed by atoms with Crippen LogP contribution in [0.15, 0.2) is 55.9 Å². The van der Waals surface area contributed by atoms with Gasteiger partial charge < -0.3 is 26.7 Å². The van der Waals surface area contributed by atoms with Gasteiger partial charge in [0.2, 0.25) is 0 Å². The molecule has 4 aliphatic heterocycles. The molecule has 0 spiro atoms. The maximum atomic E-state index is 13.0. The van der Waals surface area contributed by atoms with Crippen molar-refractivity contribution < 1.29 is 29.5 Å². The number of carbonyl (C=O) groups excluding carboxylic acids is 3. The van der Waals surface area contributed by atoms with E-state index in [4.69, 9.17) is 5.73 Å². The van der Waals surface area contributed by atoms with E-state index >= 15 is 0 Å². The minimum atomic E-state index is -1.25. The molecule has 1 aromatic rings. The maximum Gasteiger partial charge on any atom is 0.352 e. The summed E-state index contributed by atoms with van der Waals surface area (Å²) in [7, 11) is 0. The van der Waals surface area contributed by atoms with Gasteiger partial charge in [-0.3, -0.25) is 19.3 Å². The van der Waals surface area contributed by atoms with E-state index in [2.05, 4.69) is 20.8 Å². The van der Waals surface area contributed by atoms with Crippen molar-refractivity contribution in [2.75, 3.05) is 18.0 Å². The zero-order valence-corrected chi connectivity index (χ0v) is 21.4. The summed E-state index contributed by atoms with van der Waals surface area (Å²) in [5.74, 6) is -2.43. The predicted molar refractivity (Wildman–Crippen MR) is 139 cm³/mol. The molecule has 0 radical (unpaired) electrons. The molecule has 0 aliphatic carbocycles. The molecule has 5 heterocycles. The fourth-order valence-electron chi connectivity index (χ4n) is 4.37. The molecule has 6 N–H and O–H groups in total. The van der Waals surface area contributed by atoms with Crippen molar-refractivity contribution in [1.29, 1.82) is 0 Å². The number of oxime groups is 1. The minimum Gasteiger partial charge on any atom is -0.477 e. The number of rotatable bonds is 6. The Bertz CT molecular complexity index is 1360. The smallest absolute Gasteiger partial charge is 0.352 e. The molecule has 2 saturated heterocycles. The number of amides is 2. The van der Waals surface area contributed by atoms with Gasteiger partial charge in [-0.25, -0.2) is 9.78 Å². The number of nitrogens with two attached hydrogens (primary N) is 1. The molecule has 4 aliphatic rings. The highest BCUT2D eigenvalue weighted by atomic mass is 32.2. The highest BCUT2D eigenvalue weighted by Gasteiger charge is 2.54. The van der Waals surface area contributed by atoms with Crippen molar-refractivity contribution in [3.8, 4) is 0 Å². The van der Waals surface area contributed by atoms with E-state index in [0.717, 1.165) is 16.9 Å². The summed E-state index contributed by atoms with van der Waals surface area (Å²) in [6, 6.07) is -1.22. The Morgan fingerprint density at radius 3 is 2.81 bits per heavy atom.